The second-order valence-electron chi connectivity index (χ2n) is 10.7. The second kappa shape index (κ2) is 13.5. The van der Waals surface area contributed by atoms with Gasteiger partial charge in [-0.25, -0.2) is 0 Å². The topological polar surface area (TPSA) is 92.5 Å². The van der Waals surface area contributed by atoms with Crippen molar-refractivity contribution in [3.63, 3.8) is 0 Å². The molecule has 0 fully saturated rings. The maximum absolute atomic E-state index is 6.27. The van der Waals surface area contributed by atoms with Gasteiger partial charge in [0.25, 0.3) is 0 Å². The molecule has 0 spiro atoms. The summed E-state index contributed by atoms with van der Waals surface area (Å²) < 4.78 is 35.9. The van der Waals surface area contributed by atoms with Gasteiger partial charge in [-0.1, -0.05) is 0 Å². The number of rotatable bonds is 9. The van der Waals surface area contributed by atoms with Crippen molar-refractivity contribution in [2.75, 3.05) is 39.5 Å². The SMILES string of the molecule is c1cc(C2=NCCCO2)ccc1Oc1cc(Oc2ccc(C3=NCCCO3)cc2)cc(Oc2ccc(C3=NCCCO3)cc2)c1. The molecular formula is C36H33N3O6. The molecule has 45 heavy (non-hydrogen) atoms. The quantitative estimate of drug-likeness (QED) is 0.196. The molecule has 228 valence electrons. The number of aliphatic imine (C=N–C) groups is 3. The van der Waals surface area contributed by atoms with Crippen LogP contribution < -0.4 is 14.2 Å². The third-order valence-corrected chi connectivity index (χ3v) is 7.25. The fourth-order valence-corrected chi connectivity index (χ4v) is 5.03. The molecule has 0 aromatic heterocycles. The average Bonchev–Trinajstić information content (AvgIpc) is 3.10. The molecule has 9 nitrogen and oxygen atoms in total. The molecule has 0 saturated carbocycles. The van der Waals surface area contributed by atoms with E-state index in [1.165, 1.54) is 0 Å². The fraction of sp³-hybridized carbons (Fsp3) is 0.250. The molecule has 3 aliphatic rings. The van der Waals surface area contributed by atoms with Crippen LogP contribution in [-0.4, -0.2) is 57.1 Å². The summed E-state index contributed by atoms with van der Waals surface area (Å²) in [6, 6.07) is 28.5. The van der Waals surface area contributed by atoms with Crippen LogP contribution in [0.5, 0.6) is 34.5 Å². The Labute approximate surface area is 261 Å². The Balaban J connectivity index is 1.12. The van der Waals surface area contributed by atoms with Crippen LogP contribution in [0.1, 0.15) is 36.0 Å². The number of benzene rings is 4. The standard InChI is InChI=1S/C36H33N3O6/c1-16-37-34(40-19-1)25-4-10-28(11-5-25)43-31-22-32(44-29-12-6-26(7-13-29)35-38-17-2-20-41-35)24-33(23-31)45-30-14-8-27(9-15-30)36-39-18-3-21-42-36/h4-15,22-24H,1-3,16-21H2. The predicted octanol–water partition coefficient (Wildman–Crippen LogP) is 7.56. The van der Waals surface area contributed by atoms with Crippen molar-refractivity contribution in [3.05, 3.63) is 108 Å². The molecule has 3 heterocycles. The van der Waals surface area contributed by atoms with Gasteiger partial charge in [-0.3, -0.25) is 15.0 Å². The van der Waals surface area contributed by atoms with Gasteiger partial charge in [0.15, 0.2) is 0 Å². The highest BCUT2D eigenvalue weighted by atomic mass is 16.5. The highest BCUT2D eigenvalue weighted by Crippen LogP contribution is 2.36. The molecule has 0 amide bonds. The Morgan fingerprint density at radius 1 is 0.378 bits per heavy atom. The number of ether oxygens (including phenoxy) is 6. The predicted molar refractivity (Wildman–Crippen MR) is 172 cm³/mol. The van der Waals surface area contributed by atoms with E-state index in [1.54, 1.807) is 0 Å². The minimum absolute atomic E-state index is 0.560. The summed E-state index contributed by atoms with van der Waals surface area (Å²) in [4.78, 5) is 13.4. The van der Waals surface area contributed by atoms with E-state index < -0.39 is 0 Å². The van der Waals surface area contributed by atoms with Gasteiger partial charge in [0.1, 0.15) is 34.5 Å². The van der Waals surface area contributed by atoms with E-state index in [9.17, 15) is 0 Å². The van der Waals surface area contributed by atoms with Crippen molar-refractivity contribution in [3.8, 4) is 34.5 Å². The first-order chi connectivity index (χ1) is 22.2. The van der Waals surface area contributed by atoms with Gasteiger partial charge >= 0.3 is 0 Å². The highest BCUT2D eigenvalue weighted by molar-refractivity contribution is 5.95. The van der Waals surface area contributed by atoms with E-state index in [0.29, 0.717) is 72.0 Å². The smallest absolute Gasteiger partial charge is 0.216 e. The lowest BCUT2D eigenvalue weighted by Gasteiger charge is -2.16. The number of nitrogens with zero attached hydrogens (tertiary/aromatic N) is 3. The molecule has 0 aliphatic carbocycles. The molecule has 3 aliphatic heterocycles. The van der Waals surface area contributed by atoms with Crippen molar-refractivity contribution >= 4 is 17.7 Å². The lowest BCUT2D eigenvalue weighted by molar-refractivity contribution is 0.284. The zero-order valence-corrected chi connectivity index (χ0v) is 24.8. The van der Waals surface area contributed by atoms with Gasteiger partial charge in [0.2, 0.25) is 17.7 Å². The lowest BCUT2D eigenvalue weighted by atomic mass is 10.2. The fourth-order valence-electron chi connectivity index (χ4n) is 5.03. The van der Waals surface area contributed by atoms with Gasteiger partial charge < -0.3 is 28.4 Å². The first kappa shape index (κ1) is 28.5. The third kappa shape index (κ3) is 7.26. The molecule has 0 saturated heterocycles. The summed E-state index contributed by atoms with van der Waals surface area (Å²) >= 11 is 0. The largest absolute Gasteiger partial charge is 0.477 e. The van der Waals surface area contributed by atoms with E-state index >= 15 is 0 Å². The van der Waals surface area contributed by atoms with Crippen LogP contribution in [0.2, 0.25) is 0 Å². The molecule has 0 unspecified atom stereocenters. The number of hydrogen-bond donors (Lipinski definition) is 0. The molecular weight excluding hydrogens is 570 g/mol. The molecule has 4 aromatic rings. The summed E-state index contributed by atoms with van der Waals surface area (Å²) in [6.07, 6.45) is 2.82. The average molecular weight is 604 g/mol. The van der Waals surface area contributed by atoms with E-state index in [-0.39, 0.29) is 0 Å². The molecule has 7 rings (SSSR count). The van der Waals surface area contributed by atoms with Crippen LogP contribution >= 0.6 is 0 Å². The maximum Gasteiger partial charge on any atom is 0.216 e. The Hall–Kier alpha value is -5.31. The van der Waals surface area contributed by atoms with E-state index in [4.69, 9.17) is 28.4 Å². The Kier molecular flexibility index (Phi) is 8.57. The molecule has 0 N–H and O–H groups in total. The maximum atomic E-state index is 6.27. The monoisotopic (exact) mass is 603 g/mol. The first-order valence-electron chi connectivity index (χ1n) is 15.3. The zero-order valence-electron chi connectivity index (χ0n) is 24.8. The van der Waals surface area contributed by atoms with Gasteiger partial charge in [0.05, 0.1) is 19.8 Å². The molecule has 9 heteroatoms. The summed E-state index contributed by atoms with van der Waals surface area (Å²) in [5.41, 5.74) is 2.76. The third-order valence-electron chi connectivity index (χ3n) is 7.25. The first-order valence-corrected chi connectivity index (χ1v) is 15.3. The number of hydrogen-bond acceptors (Lipinski definition) is 9. The van der Waals surface area contributed by atoms with Crippen molar-refractivity contribution in [2.45, 2.75) is 19.3 Å². The Morgan fingerprint density at radius 3 is 0.911 bits per heavy atom. The van der Waals surface area contributed by atoms with Crippen LogP contribution in [0.15, 0.2) is 106 Å². The van der Waals surface area contributed by atoms with Crippen LogP contribution in [0.3, 0.4) is 0 Å². The van der Waals surface area contributed by atoms with Crippen LogP contribution in [-0.2, 0) is 14.2 Å². The highest BCUT2D eigenvalue weighted by Gasteiger charge is 2.14. The molecule has 4 aromatic carbocycles. The Bertz CT molecular complexity index is 1500. The van der Waals surface area contributed by atoms with Crippen LogP contribution in [0.25, 0.3) is 0 Å². The Morgan fingerprint density at radius 2 is 0.667 bits per heavy atom. The van der Waals surface area contributed by atoms with Crippen molar-refractivity contribution < 1.29 is 28.4 Å². The van der Waals surface area contributed by atoms with Gasteiger partial charge in [0, 0.05) is 73.8 Å². The van der Waals surface area contributed by atoms with Crippen molar-refractivity contribution in [1.82, 2.24) is 0 Å². The zero-order chi connectivity index (χ0) is 30.3. The summed E-state index contributed by atoms with van der Waals surface area (Å²) in [7, 11) is 0. The van der Waals surface area contributed by atoms with Gasteiger partial charge in [-0.15, -0.1) is 0 Å². The molecule has 0 bridgehead atoms. The second-order valence-corrected chi connectivity index (χ2v) is 10.7. The summed E-state index contributed by atoms with van der Waals surface area (Å²) in [5, 5.41) is 0. The van der Waals surface area contributed by atoms with Crippen molar-refractivity contribution in [2.24, 2.45) is 15.0 Å². The summed E-state index contributed by atoms with van der Waals surface area (Å²) in [6.45, 7) is 4.38. The van der Waals surface area contributed by atoms with Crippen molar-refractivity contribution in [1.29, 1.82) is 0 Å². The molecule has 0 atom stereocenters. The van der Waals surface area contributed by atoms with Crippen LogP contribution in [0, 0.1) is 0 Å². The van der Waals surface area contributed by atoms with Gasteiger partial charge in [-0.2, -0.15) is 0 Å². The minimum atomic E-state index is 0.560. The van der Waals surface area contributed by atoms with Gasteiger partial charge in [-0.05, 0) is 72.8 Å². The molecule has 0 radical (unpaired) electrons. The minimum Gasteiger partial charge on any atom is -0.477 e. The van der Waals surface area contributed by atoms with E-state index in [0.717, 1.165) is 55.6 Å². The van der Waals surface area contributed by atoms with Crippen LogP contribution in [0.4, 0.5) is 0 Å². The summed E-state index contributed by atoms with van der Waals surface area (Å²) in [5.74, 6) is 5.66. The van der Waals surface area contributed by atoms with E-state index in [2.05, 4.69) is 15.0 Å². The normalized spacial score (nSPS) is 16.1. The van der Waals surface area contributed by atoms with E-state index in [1.807, 2.05) is 91.0 Å². The lowest BCUT2D eigenvalue weighted by Crippen LogP contribution is -2.14.